The Morgan fingerprint density at radius 3 is 1.33 bits per heavy atom. The lowest BCUT2D eigenvalue weighted by Gasteiger charge is -2.32. The molecule has 2 aliphatic carbocycles. The van der Waals surface area contributed by atoms with Crippen LogP contribution in [0.2, 0.25) is 0 Å². The minimum atomic E-state index is -0.876. The Morgan fingerprint density at radius 2 is 0.934 bits per heavy atom. The monoisotopic (exact) mass is 1040 g/mol. The van der Waals surface area contributed by atoms with Crippen LogP contribution in [0.1, 0.15) is 111 Å². The molecule has 4 aliphatic rings. The van der Waals surface area contributed by atoms with Crippen molar-refractivity contribution in [3.8, 4) is 11.5 Å². The van der Waals surface area contributed by atoms with Crippen LogP contribution in [0.25, 0.3) is 0 Å². The summed E-state index contributed by atoms with van der Waals surface area (Å²) in [6.45, 7) is 4.92. The second kappa shape index (κ2) is 26.6. The van der Waals surface area contributed by atoms with Gasteiger partial charge in [0.25, 0.3) is 0 Å². The Hall–Kier alpha value is -7.04. The van der Waals surface area contributed by atoms with Crippen molar-refractivity contribution in [1.82, 2.24) is 41.7 Å². The maximum atomic E-state index is 14.3. The summed E-state index contributed by atoms with van der Waals surface area (Å²) in [7, 11) is 3.38. The van der Waals surface area contributed by atoms with Gasteiger partial charge in [0, 0.05) is 25.9 Å². The minimum Gasteiger partial charge on any atom is -0.490 e. The van der Waals surface area contributed by atoms with Gasteiger partial charge in [-0.2, -0.15) is 0 Å². The number of fused-ring (bicyclic) bond motifs is 2. The maximum absolute atomic E-state index is 14.3. The SMILES string of the molecule is CN[C@@H](C)C(=O)N[C@@H](Cc1ccc(OC/C=C\COc2ccc(C[C@H](NC(=O)[C@H](C)NC)C(=O)N3CCC[C@H]3C(=O)N[C@@H]3CCCc4ccccc43)cc2)cc1)C(=O)N1CCCC1C(=O)N[C@@H]1CCCc2ccccc21. The number of aryl methyl sites for hydroxylation is 2. The molecule has 0 radical (unpaired) electrons. The fourth-order valence-corrected chi connectivity index (χ4v) is 10.9. The van der Waals surface area contributed by atoms with Crippen LogP contribution in [0.4, 0.5) is 0 Å². The van der Waals surface area contributed by atoms with Gasteiger partial charge in [0.1, 0.15) is 48.9 Å². The highest BCUT2D eigenvalue weighted by Gasteiger charge is 2.41. The van der Waals surface area contributed by atoms with Gasteiger partial charge in [-0.25, -0.2) is 0 Å². The predicted molar refractivity (Wildman–Crippen MR) is 291 cm³/mol. The lowest BCUT2D eigenvalue weighted by Crippen LogP contribution is -2.56. The Bertz CT molecular complexity index is 2500. The smallest absolute Gasteiger partial charge is 0.246 e. The Balaban J connectivity index is 0.813. The number of carbonyl (C=O) groups is 6. The van der Waals surface area contributed by atoms with E-state index >= 15 is 0 Å². The Morgan fingerprint density at radius 1 is 0.539 bits per heavy atom. The van der Waals surface area contributed by atoms with Crippen LogP contribution in [0.5, 0.6) is 11.5 Å². The average Bonchev–Trinajstić information content (AvgIpc) is 4.16. The highest BCUT2D eigenvalue weighted by Crippen LogP contribution is 2.32. The largest absolute Gasteiger partial charge is 0.490 e. The highest BCUT2D eigenvalue weighted by atomic mass is 16.5. The number of nitrogens with one attached hydrogen (secondary N) is 6. The molecule has 6 N–H and O–H groups in total. The molecular weight excluding hydrogens is 961 g/mol. The fourth-order valence-electron chi connectivity index (χ4n) is 10.9. The molecule has 8 rings (SSSR count). The summed E-state index contributed by atoms with van der Waals surface area (Å²) in [5, 5.41) is 18.3. The highest BCUT2D eigenvalue weighted by molar-refractivity contribution is 5.95. The van der Waals surface area contributed by atoms with Crippen molar-refractivity contribution in [2.45, 2.75) is 139 Å². The van der Waals surface area contributed by atoms with Crippen LogP contribution in [0.3, 0.4) is 0 Å². The molecule has 4 aromatic carbocycles. The van der Waals surface area contributed by atoms with Gasteiger partial charge < -0.3 is 51.2 Å². The molecule has 0 bridgehead atoms. The van der Waals surface area contributed by atoms with Crippen molar-refractivity contribution in [2.75, 3.05) is 40.4 Å². The Labute approximate surface area is 447 Å². The second-order valence-electron chi connectivity index (χ2n) is 20.6. The molecule has 16 nitrogen and oxygen atoms in total. The number of carbonyl (C=O) groups excluding carboxylic acids is 6. The van der Waals surface area contributed by atoms with Crippen molar-refractivity contribution in [3.63, 3.8) is 0 Å². The summed E-state index contributed by atoms with van der Waals surface area (Å²) < 4.78 is 12.0. The van der Waals surface area contributed by atoms with E-state index in [1.165, 1.54) is 11.1 Å². The molecule has 2 fully saturated rings. The summed E-state index contributed by atoms with van der Waals surface area (Å²) in [4.78, 5) is 85.8. The van der Waals surface area contributed by atoms with E-state index in [1.54, 1.807) is 37.7 Å². The van der Waals surface area contributed by atoms with Crippen LogP contribution in [0.15, 0.2) is 109 Å². The number of rotatable bonds is 22. The van der Waals surface area contributed by atoms with Crippen molar-refractivity contribution < 1.29 is 38.2 Å². The molecule has 2 heterocycles. The Kier molecular flexibility index (Phi) is 19.3. The number of ether oxygens (including phenoxy) is 2. The molecule has 0 saturated carbocycles. The van der Waals surface area contributed by atoms with Gasteiger partial charge in [-0.3, -0.25) is 28.8 Å². The average molecular weight is 1040 g/mol. The van der Waals surface area contributed by atoms with Gasteiger partial charge in [0.2, 0.25) is 35.4 Å². The first kappa shape index (κ1) is 55.2. The third kappa shape index (κ3) is 14.1. The topological polar surface area (TPSA) is 200 Å². The lowest BCUT2D eigenvalue weighted by atomic mass is 9.87. The zero-order valence-electron chi connectivity index (χ0n) is 44.5. The van der Waals surface area contributed by atoms with Gasteiger partial charge in [0.15, 0.2) is 0 Å². The summed E-state index contributed by atoms with van der Waals surface area (Å²) in [6, 6.07) is 27.0. The third-order valence-electron chi connectivity index (χ3n) is 15.5. The molecule has 0 aromatic heterocycles. The summed E-state index contributed by atoms with van der Waals surface area (Å²) >= 11 is 0. The van der Waals surface area contributed by atoms with Gasteiger partial charge in [-0.1, -0.05) is 72.8 Å². The quantitative estimate of drug-likeness (QED) is 0.0559. The summed E-state index contributed by atoms with van der Waals surface area (Å²) in [6.07, 6.45) is 12.4. The number of amides is 6. The van der Waals surface area contributed by atoms with E-state index in [4.69, 9.17) is 9.47 Å². The van der Waals surface area contributed by atoms with E-state index in [0.717, 1.165) is 60.8 Å². The van der Waals surface area contributed by atoms with Gasteiger partial charge >= 0.3 is 0 Å². The maximum Gasteiger partial charge on any atom is 0.246 e. The standard InChI is InChI=1S/C60H76N8O8/c1-39(61-3)55(69)65-51(59(73)67-33-13-23-53(67)57(71)63-49-21-11-17-43-15-5-7-19-47(43)49)37-41-25-29-45(30-26-41)75-35-9-10-36-76-46-31-27-42(28-32-46)38-52(66-56(70)40(2)62-4)60(74)68-34-14-24-54(68)58(72)64-50-22-12-18-44-16-6-8-20-48(44)50/h5-10,15-16,19-20,25-32,39-40,49-54,61-62H,11-14,17-18,21-24,33-38H2,1-4H3,(H,63,71)(H,64,72)(H,65,69)(H,66,70)/b10-9-/t39-,40-,49+,50+,51-,52-,53-,54?/m0/s1. The van der Waals surface area contributed by atoms with Crippen molar-refractivity contribution in [1.29, 1.82) is 0 Å². The van der Waals surface area contributed by atoms with Crippen LogP contribution >= 0.6 is 0 Å². The number of likely N-dealkylation sites (N-methyl/N-ethyl adjacent to an activating group) is 2. The first-order valence-corrected chi connectivity index (χ1v) is 27.3. The van der Waals surface area contributed by atoms with Crippen LogP contribution < -0.4 is 41.4 Å². The van der Waals surface area contributed by atoms with Gasteiger partial charge in [0.05, 0.1) is 24.2 Å². The number of hydrogen-bond donors (Lipinski definition) is 6. The number of hydrogen-bond acceptors (Lipinski definition) is 10. The molecule has 8 atom stereocenters. The first-order chi connectivity index (χ1) is 36.9. The molecule has 2 aliphatic heterocycles. The lowest BCUT2D eigenvalue weighted by molar-refractivity contribution is -0.141. The van der Waals surface area contributed by atoms with Crippen LogP contribution in [0, 0.1) is 0 Å². The molecule has 6 amide bonds. The van der Waals surface area contributed by atoms with Crippen molar-refractivity contribution >= 4 is 35.4 Å². The summed E-state index contributed by atoms with van der Waals surface area (Å²) in [5.41, 5.74) is 6.43. The van der Waals surface area contributed by atoms with E-state index in [1.807, 2.05) is 84.9 Å². The molecule has 404 valence electrons. The molecule has 16 heteroatoms. The van der Waals surface area contributed by atoms with E-state index < -0.39 is 36.3 Å². The summed E-state index contributed by atoms with van der Waals surface area (Å²) in [5.74, 6) is -0.223. The molecule has 0 spiro atoms. The van der Waals surface area contributed by atoms with Crippen molar-refractivity contribution in [3.05, 3.63) is 143 Å². The van der Waals surface area contributed by atoms with Crippen molar-refractivity contribution in [2.24, 2.45) is 0 Å². The molecule has 2 saturated heterocycles. The van der Waals surface area contributed by atoms with Gasteiger partial charge in [-0.05, 0) is 162 Å². The second-order valence-corrected chi connectivity index (χ2v) is 20.6. The van der Waals surface area contributed by atoms with Gasteiger partial charge in [-0.15, -0.1) is 0 Å². The molecule has 76 heavy (non-hydrogen) atoms. The number of nitrogens with zero attached hydrogens (tertiary/aromatic N) is 2. The zero-order valence-corrected chi connectivity index (χ0v) is 44.5. The minimum absolute atomic E-state index is 0.0950. The predicted octanol–water partition coefficient (Wildman–Crippen LogP) is 5.34. The van der Waals surface area contributed by atoms with E-state index in [0.29, 0.717) is 50.3 Å². The number of benzene rings is 4. The van der Waals surface area contributed by atoms with E-state index in [2.05, 4.69) is 56.2 Å². The van der Waals surface area contributed by atoms with Crippen LogP contribution in [-0.2, 0) is 54.5 Å². The normalized spacial score (nSPS) is 20.6. The fraction of sp³-hybridized carbons (Fsp3) is 0.467. The van der Waals surface area contributed by atoms with Crippen LogP contribution in [-0.4, -0.2) is 122 Å². The molecule has 1 unspecified atom stereocenters. The van der Waals surface area contributed by atoms with E-state index in [-0.39, 0.29) is 73.6 Å². The van der Waals surface area contributed by atoms with E-state index in [9.17, 15) is 28.8 Å². The molecular formula is C60H76N8O8. The first-order valence-electron chi connectivity index (χ1n) is 27.3. The zero-order chi connectivity index (χ0) is 53.6. The molecule has 4 aromatic rings. The number of likely N-dealkylation sites (tertiary alicyclic amines) is 2. The third-order valence-corrected chi connectivity index (χ3v) is 15.5.